The van der Waals surface area contributed by atoms with Crippen LogP contribution in [0.4, 0.5) is 5.13 Å². The number of thiazole rings is 1. The molecule has 6 nitrogen and oxygen atoms in total. The van der Waals surface area contributed by atoms with Gasteiger partial charge in [0.2, 0.25) is 10.0 Å². The van der Waals surface area contributed by atoms with Gasteiger partial charge in [0.05, 0.1) is 5.25 Å². The molecule has 2 heterocycles. The number of nitrogens with one attached hydrogen (secondary N) is 1. The molecule has 0 bridgehead atoms. The van der Waals surface area contributed by atoms with Crippen molar-refractivity contribution >= 4 is 26.5 Å². The summed E-state index contributed by atoms with van der Waals surface area (Å²) in [7, 11) is -3.20. The second-order valence-corrected chi connectivity index (χ2v) is 8.96. The number of aromatic nitrogens is 1. The fourth-order valence-electron chi connectivity index (χ4n) is 2.49. The van der Waals surface area contributed by atoms with E-state index in [2.05, 4.69) is 15.2 Å². The van der Waals surface area contributed by atoms with Crippen LogP contribution in [0.2, 0.25) is 0 Å². The van der Waals surface area contributed by atoms with Gasteiger partial charge in [0.25, 0.3) is 0 Å². The first-order valence-corrected chi connectivity index (χ1v) is 9.82. The van der Waals surface area contributed by atoms with Crippen LogP contribution >= 0.6 is 11.3 Å². The van der Waals surface area contributed by atoms with Gasteiger partial charge in [-0.3, -0.25) is 0 Å². The molecule has 0 aromatic carbocycles. The predicted molar refractivity (Wildman–Crippen MR) is 85.3 cm³/mol. The van der Waals surface area contributed by atoms with E-state index < -0.39 is 10.0 Å². The zero-order valence-electron chi connectivity index (χ0n) is 12.2. The molecule has 8 heteroatoms. The highest BCUT2D eigenvalue weighted by Gasteiger charge is 2.33. The van der Waals surface area contributed by atoms with Crippen molar-refractivity contribution in [2.75, 3.05) is 37.6 Å². The van der Waals surface area contributed by atoms with Crippen LogP contribution in [0.5, 0.6) is 0 Å². The topological polar surface area (TPSA) is 65.5 Å². The van der Waals surface area contributed by atoms with Gasteiger partial charge < -0.3 is 10.2 Å². The van der Waals surface area contributed by atoms with E-state index in [1.165, 1.54) is 12.8 Å². The average Bonchev–Trinajstić information content (AvgIpc) is 3.16. The number of hydrogen-bond acceptors (Lipinski definition) is 6. The van der Waals surface area contributed by atoms with Gasteiger partial charge in [-0.2, -0.15) is 4.31 Å². The average molecular weight is 330 g/mol. The van der Waals surface area contributed by atoms with E-state index in [4.69, 9.17) is 0 Å². The second kappa shape index (κ2) is 6.20. The number of sulfonamides is 1. The SMILES string of the molecule is CC(CNC1CC1)S(=O)(=O)N1CCN(c2nccs2)CC1. The molecular weight excluding hydrogens is 308 g/mol. The van der Waals surface area contributed by atoms with Crippen molar-refractivity contribution in [3.05, 3.63) is 11.6 Å². The van der Waals surface area contributed by atoms with Crippen LogP contribution in [-0.4, -0.2) is 61.7 Å². The molecule has 1 N–H and O–H groups in total. The highest BCUT2D eigenvalue weighted by atomic mass is 32.2. The van der Waals surface area contributed by atoms with Crippen LogP contribution in [0, 0.1) is 0 Å². The van der Waals surface area contributed by atoms with E-state index in [-0.39, 0.29) is 5.25 Å². The summed E-state index contributed by atoms with van der Waals surface area (Å²) < 4.78 is 26.8. The number of rotatable bonds is 6. The third-order valence-corrected chi connectivity index (χ3v) is 7.17. The Labute approximate surface area is 130 Å². The van der Waals surface area contributed by atoms with Crippen LogP contribution < -0.4 is 10.2 Å². The summed E-state index contributed by atoms with van der Waals surface area (Å²) in [5.41, 5.74) is 0. The summed E-state index contributed by atoms with van der Waals surface area (Å²) in [6.45, 7) is 4.90. The van der Waals surface area contributed by atoms with Gasteiger partial charge in [-0.1, -0.05) is 0 Å². The Morgan fingerprint density at radius 2 is 2.10 bits per heavy atom. The highest BCUT2D eigenvalue weighted by Crippen LogP contribution is 2.22. The zero-order valence-corrected chi connectivity index (χ0v) is 13.9. The van der Waals surface area contributed by atoms with Crippen molar-refractivity contribution < 1.29 is 8.42 Å². The molecule has 1 aromatic rings. The van der Waals surface area contributed by atoms with Crippen molar-refractivity contribution in [3.63, 3.8) is 0 Å². The van der Waals surface area contributed by atoms with Crippen LogP contribution in [0.1, 0.15) is 19.8 Å². The molecule has 0 radical (unpaired) electrons. The lowest BCUT2D eigenvalue weighted by Gasteiger charge is -2.35. The van der Waals surface area contributed by atoms with Gasteiger partial charge in [0, 0.05) is 50.3 Å². The molecule has 1 aliphatic heterocycles. The molecule has 1 atom stereocenters. The molecule has 2 aliphatic rings. The Hall–Kier alpha value is -0.700. The monoisotopic (exact) mass is 330 g/mol. The standard InChI is InChI=1S/C13H22N4O2S2/c1-11(10-15-12-2-3-12)21(18,19)17-7-5-16(6-8-17)13-14-4-9-20-13/h4,9,11-12,15H,2-3,5-8,10H2,1H3. The summed E-state index contributed by atoms with van der Waals surface area (Å²) >= 11 is 1.60. The minimum absolute atomic E-state index is 0.357. The Kier molecular flexibility index (Phi) is 4.49. The molecule has 2 fully saturated rings. The predicted octanol–water partition coefficient (Wildman–Crippen LogP) is 0.735. The first-order valence-electron chi connectivity index (χ1n) is 7.44. The van der Waals surface area contributed by atoms with Crippen molar-refractivity contribution in [1.82, 2.24) is 14.6 Å². The normalized spacial score (nSPS) is 22.4. The van der Waals surface area contributed by atoms with E-state index >= 15 is 0 Å². The van der Waals surface area contributed by atoms with Crippen molar-refractivity contribution in [3.8, 4) is 0 Å². The van der Waals surface area contributed by atoms with Gasteiger partial charge in [-0.05, 0) is 19.8 Å². The van der Waals surface area contributed by atoms with Crippen LogP contribution in [0.25, 0.3) is 0 Å². The Bertz CT molecular complexity index is 549. The zero-order chi connectivity index (χ0) is 14.9. The maximum Gasteiger partial charge on any atom is 0.218 e. The van der Waals surface area contributed by atoms with Crippen molar-refractivity contribution in [1.29, 1.82) is 0 Å². The van der Waals surface area contributed by atoms with E-state index in [1.807, 2.05) is 5.38 Å². The maximum atomic E-state index is 12.6. The molecule has 1 aromatic heterocycles. The van der Waals surface area contributed by atoms with Crippen LogP contribution in [0.15, 0.2) is 11.6 Å². The van der Waals surface area contributed by atoms with Gasteiger partial charge in [-0.25, -0.2) is 13.4 Å². The Balaban J connectivity index is 1.54. The second-order valence-electron chi connectivity index (χ2n) is 5.74. The molecule has 3 rings (SSSR count). The lowest BCUT2D eigenvalue weighted by molar-refractivity contribution is 0.378. The van der Waals surface area contributed by atoms with E-state index in [1.54, 1.807) is 28.8 Å². The number of hydrogen-bond donors (Lipinski definition) is 1. The van der Waals surface area contributed by atoms with Crippen molar-refractivity contribution in [2.45, 2.75) is 31.1 Å². The highest BCUT2D eigenvalue weighted by molar-refractivity contribution is 7.89. The third-order valence-electron chi connectivity index (χ3n) is 4.07. The third kappa shape index (κ3) is 3.56. The molecule has 0 amide bonds. The summed E-state index contributed by atoms with van der Waals surface area (Å²) in [5.74, 6) is 0. The smallest absolute Gasteiger partial charge is 0.218 e. The quantitative estimate of drug-likeness (QED) is 0.833. The Morgan fingerprint density at radius 1 is 1.38 bits per heavy atom. The molecular formula is C13H22N4O2S2. The lowest BCUT2D eigenvalue weighted by atomic mass is 10.4. The maximum absolute atomic E-state index is 12.6. The number of nitrogens with zero attached hydrogens (tertiary/aromatic N) is 3. The van der Waals surface area contributed by atoms with Gasteiger partial charge >= 0.3 is 0 Å². The lowest BCUT2D eigenvalue weighted by Crippen LogP contribution is -2.52. The summed E-state index contributed by atoms with van der Waals surface area (Å²) in [6, 6.07) is 0.546. The number of anilines is 1. The first-order chi connectivity index (χ1) is 10.1. The summed E-state index contributed by atoms with van der Waals surface area (Å²) in [4.78, 5) is 6.44. The molecule has 118 valence electrons. The largest absolute Gasteiger partial charge is 0.345 e. The number of piperazine rings is 1. The molecule has 1 unspecified atom stereocenters. The van der Waals surface area contributed by atoms with Crippen LogP contribution in [-0.2, 0) is 10.0 Å². The Morgan fingerprint density at radius 3 is 2.67 bits per heavy atom. The fraction of sp³-hybridized carbons (Fsp3) is 0.769. The molecule has 0 spiro atoms. The minimum Gasteiger partial charge on any atom is -0.345 e. The van der Waals surface area contributed by atoms with Gasteiger partial charge in [0.1, 0.15) is 0 Å². The summed E-state index contributed by atoms with van der Waals surface area (Å²) in [6.07, 6.45) is 4.15. The first kappa shape index (κ1) is 15.2. The van der Waals surface area contributed by atoms with E-state index in [0.29, 0.717) is 25.7 Å². The molecule has 1 saturated heterocycles. The van der Waals surface area contributed by atoms with Gasteiger partial charge in [-0.15, -0.1) is 11.3 Å². The fourth-order valence-corrected chi connectivity index (χ4v) is 4.67. The molecule has 1 saturated carbocycles. The van der Waals surface area contributed by atoms with Gasteiger partial charge in [0.15, 0.2) is 5.13 Å². The van der Waals surface area contributed by atoms with Crippen LogP contribution in [0.3, 0.4) is 0 Å². The van der Waals surface area contributed by atoms with E-state index in [0.717, 1.165) is 18.2 Å². The van der Waals surface area contributed by atoms with E-state index in [9.17, 15) is 8.42 Å². The molecule has 21 heavy (non-hydrogen) atoms. The van der Waals surface area contributed by atoms with Crippen molar-refractivity contribution in [2.24, 2.45) is 0 Å². The molecule has 1 aliphatic carbocycles. The minimum atomic E-state index is -3.20. The summed E-state index contributed by atoms with van der Waals surface area (Å²) in [5, 5.41) is 5.88.